The van der Waals surface area contributed by atoms with E-state index in [1.165, 1.54) is 31.7 Å². The smallest absolute Gasteiger partial charge is 0.274 e. The Kier molecular flexibility index (Phi) is 4.52. The first-order valence-electron chi connectivity index (χ1n) is 9.27. The third kappa shape index (κ3) is 3.07. The third-order valence-corrected chi connectivity index (χ3v) is 6.56. The third-order valence-electron chi connectivity index (χ3n) is 6.56. The molecule has 5 rings (SSSR count). The van der Waals surface area contributed by atoms with Crippen molar-refractivity contribution in [2.45, 2.75) is 50.7 Å². The number of piperidine rings is 2. The van der Waals surface area contributed by atoms with E-state index in [0.717, 1.165) is 37.0 Å². The van der Waals surface area contributed by atoms with Gasteiger partial charge < -0.3 is 0 Å². The number of nitrogens with zero attached hydrogens (tertiary/aromatic N) is 2. The fraction of sp³-hybridized carbons (Fsp3) is 0.632. The number of fused-ring (bicyclic) bond motifs is 4. The van der Waals surface area contributed by atoms with Crippen molar-refractivity contribution in [3.05, 3.63) is 34.6 Å². The molecule has 1 unspecified atom stereocenters. The zero-order valence-electron chi connectivity index (χ0n) is 14.7. The van der Waals surface area contributed by atoms with Crippen LogP contribution in [0.5, 0.6) is 0 Å². The van der Waals surface area contributed by atoms with E-state index in [1.807, 2.05) is 0 Å². The molecule has 5 nitrogen and oxygen atoms in total. The first-order chi connectivity index (χ1) is 12.1. The van der Waals surface area contributed by atoms with E-state index in [9.17, 15) is 9.18 Å². The topological polar surface area (TPSA) is 55.8 Å². The molecule has 0 aromatic heterocycles. The molecule has 3 fully saturated rings. The molecule has 3 aliphatic heterocycles. The van der Waals surface area contributed by atoms with E-state index in [2.05, 4.69) is 16.8 Å². The number of amides is 1. The second-order valence-corrected chi connectivity index (χ2v) is 7.82. The van der Waals surface area contributed by atoms with Crippen molar-refractivity contribution in [1.82, 2.24) is 15.3 Å². The number of hydrogen-bond donors (Lipinski definition) is 2. The number of rotatable bonds is 3. The SMILES string of the molecule is CN1C2CCC(CC2)C1CN1CCc2cc(C(=O)NO)cc(F)c2C1. The van der Waals surface area contributed by atoms with Crippen LogP contribution in [0.3, 0.4) is 0 Å². The van der Waals surface area contributed by atoms with Gasteiger partial charge in [-0.25, -0.2) is 9.87 Å². The summed E-state index contributed by atoms with van der Waals surface area (Å²) in [6.07, 6.45) is 6.05. The van der Waals surface area contributed by atoms with Crippen LogP contribution in [0.4, 0.5) is 4.39 Å². The highest BCUT2D eigenvalue weighted by Crippen LogP contribution is 2.39. The number of hydrogen-bond acceptors (Lipinski definition) is 4. The lowest BCUT2D eigenvalue weighted by atomic mass is 9.74. The molecule has 3 heterocycles. The summed E-state index contributed by atoms with van der Waals surface area (Å²) in [5.74, 6) is -0.236. The van der Waals surface area contributed by atoms with Crippen LogP contribution in [0.25, 0.3) is 0 Å². The van der Waals surface area contributed by atoms with E-state index in [4.69, 9.17) is 5.21 Å². The second-order valence-electron chi connectivity index (χ2n) is 7.82. The average Bonchev–Trinajstić information content (AvgIpc) is 2.64. The van der Waals surface area contributed by atoms with Gasteiger partial charge in [-0.15, -0.1) is 0 Å². The molecule has 1 saturated carbocycles. The molecule has 0 radical (unpaired) electrons. The second kappa shape index (κ2) is 6.67. The van der Waals surface area contributed by atoms with Gasteiger partial charge in [-0.05, 0) is 62.8 Å². The number of carbonyl (C=O) groups excluding carboxylic acids is 1. The maximum Gasteiger partial charge on any atom is 0.274 e. The minimum atomic E-state index is -0.663. The van der Waals surface area contributed by atoms with Gasteiger partial charge in [0, 0.05) is 42.8 Å². The van der Waals surface area contributed by atoms with Crippen LogP contribution in [0.15, 0.2) is 12.1 Å². The minimum Gasteiger partial charge on any atom is -0.299 e. The monoisotopic (exact) mass is 347 g/mol. The van der Waals surface area contributed by atoms with Crippen molar-refractivity contribution >= 4 is 5.91 Å². The van der Waals surface area contributed by atoms with E-state index < -0.39 is 5.91 Å². The largest absolute Gasteiger partial charge is 0.299 e. The van der Waals surface area contributed by atoms with Crippen molar-refractivity contribution in [2.75, 3.05) is 20.1 Å². The first kappa shape index (κ1) is 16.9. The van der Waals surface area contributed by atoms with Crippen molar-refractivity contribution in [2.24, 2.45) is 5.92 Å². The Bertz CT molecular complexity index is 671. The molecule has 1 amide bonds. The normalized spacial score (nSPS) is 29.5. The number of carbonyl (C=O) groups is 1. The van der Waals surface area contributed by atoms with Crippen LogP contribution in [-0.2, 0) is 13.0 Å². The van der Waals surface area contributed by atoms with E-state index >= 15 is 0 Å². The molecule has 0 spiro atoms. The molecule has 6 heteroatoms. The van der Waals surface area contributed by atoms with Crippen LogP contribution < -0.4 is 5.48 Å². The Morgan fingerprint density at radius 2 is 2.08 bits per heavy atom. The molecule has 1 atom stereocenters. The van der Waals surface area contributed by atoms with Gasteiger partial charge in [-0.1, -0.05) is 0 Å². The standard InChI is InChI=1S/C19H26FN3O2/c1-22-15-4-2-12(3-5-15)18(22)11-23-7-6-13-8-14(19(24)21-25)9-17(20)16(13)10-23/h8-9,12,15,18,25H,2-7,10-11H2,1H3,(H,21,24). The van der Waals surface area contributed by atoms with E-state index in [0.29, 0.717) is 18.2 Å². The highest BCUT2D eigenvalue weighted by Gasteiger charge is 2.40. The summed E-state index contributed by atoms with van der Waals surface area (Å²) in [5.41, 5.74) is 3.34. The summed E-state index contributed by atoms with van der Waals surface area (Å²) < 4.78 is 14.5. The van der Waals surface area contributed by atoms with Crippen LogP contribution in [0, 0.1) is 11.7 Å². The fourth-order valence-electron chi connectivity index (χ4n) is 5.07. The predicted molar refractivity (Wildman–Crippen MR) is 91.9 cm³/mol. The average molecular weight is 347 g/mol. The van der Waals surface area contributed by atoms with Crippen LogP contribution in [-0.4, -0.2) is 53.1 Å². The predicted octanol–water partition coefficient (Wildman–Crippen LogP) is 2.18. The van der Waals surface area contributed by atoms with Gasteiger partial charge in [-0.3, -0.25) is 19.8 Å². The summed E-state index contributed by atoms with van der Waals surface area (Å²) in [6, 6.07) is 4.23. The van der Waals surface area contributed by atoms with Crippen LogP contribution >= 0.6 is 0 Å². The Morgan fingerprint density at radius 1 is 1.32 bits per heavy atom. The Balaban J connectivity index is 1.49. The molecule has 2 saturated heterocycles. The summed E-state index contributed by atoms with van der Waals surface area (Å²) in [4.78, 5) is 16.5. The van der Waals surface area contributed by atoms with Gasteiger partial charge in [0.1, 0.15) is 5.82 Å². The summed E-state index contributed by atoms with van der Waals surface area (Å²) >= 11 is 0. The highest BCUT2D eigenvalue weighted by molar-refractivity contribution is 5.93. The van der Waals surface area contributed by atoms with Crippen molar-refractivity contribution in [3.63, 3.8) is 0 Å². The number of nitrogens with one attached hydrogen (secondary N) is 1. The van der Waals surface area contributed by atoms with E-state index in [1.54, 1.807) is 11.5 Å². The quantitative estimate of drug-likeness (QED) is 0.650. The fourth-order valence-corrected chi connectivity index (χ4v) is 5.07. The number of hydroxylamine groups is 1. The van der Waals surface area contributed by atoms with E-state index in [-0.39, 0.29) is 11.4 Å². The Labute approximate surface area is 147 Å². The Morgan fingerprint density at radius 3 is 2.76 bits per heavy atom. The van der Waals surface area contributed by atoms with Gasteiger partial charge in [-0.2, -0.15) is 0 Å². The van der Waals surface area contributed by atoms with Gasteiger partial charge in [0.25, 0.3) is 5.91 Å². The lowest BCUT2D eigenvalue weighted by molar-refractivity contribution is -0.0114. The summed E-state index contributed by atoms with van der Waals surface area (Å²) in [6.45, 7) is 2.48. The maximum atomic E-state index is 14.5. The molecular formula is C19H26FN3O2. The maximum absolute atomic E-state index is 14.5. The highest BCUT2D eigenvalue weighted by atomic mass is 19.1. The molecule has 2 bridgehead atoms. The van der Waals surface area contributed by atoms with Crippen LogP contribution in [0.2, 0.25) is 0 Å². The molecule has 1 aliphatic carbocycles. The first-order valence-corrected chi connectivity index (χ1v) is 9.27. The van der Waals surface area contributed by atoms with Crippen LogP contribution in [0.1, 0.15) is 47.2 Å². The van der Waals surface area contributed by atoms with Gasteiger partial charge in [0.2, 0.25) is 0 Å². The molecule has 2 N–H and O–H groups in total. The zero-order valence-corrected chi connectivity index (χ0v) is 14.7. The number of benzene rings is 1. The Hall–Kier alpha value is -1.50. The molecule has 4 aliphatic rings. The molecule has 1 aromatic carbocycles. The van der Waals surface area contributed by atoms with Crippen molar-refractivity contribution < 1.29 is 14.4 Å². The molecule has 136 valence electrons. The molecular weight excluding hydrogens is 321 g/mol. The zero-order chi connectivity index (χ0) is 17.6. The molecule has 25 heavy (non-hydrogen) atoms. The van der Waals surface area contributed by atoms with Gasteiger partial charge in [0.05, 0.1) is 0 Å². The lowest BCUT2D eigenvalue weighted by Crippen LogP contribution is -2.57. The summed E-state index contributed by atoms with van der Waals surface area (Å²) in [5, 5.41) is 8.75. The minimum absolute atomic E-state index is 0.177. The van der Waals surface area contributed by atoms with Crippen molar-refractivity contribution in [1.29, 1.82) is 0 Å². The van der Waals surface area contributed by atoms with Crippen molar-refractivity contribution in [3.8, 4) is 0 Å². The molecule has 1 aromatic rings. The number of halogens is 1. The van der Waals surface area contributed by atoms with Gasteiger partial charge in [0.15, 0.2) is 0 Å². The number of likely N-dealkylation sites (N-methyl/N-ethyl adjacent to an activating group) is 1. The lowest BCUT2D eigenvalue weighted by Gasteiger charge is -2.51. The summed E-state index contributed by atoms with van der Waals surface area (Å²) in [7, 11) is 2.25. The van der Waals surface area contributed by atoms with Gasteiger partial charge >= 0.3 is 0 Å².